The Hall–Kier alpha value is -0.195. The highest BCUT2D eigenvalue weighted by atomic mass is 19.3. The minimum atomic E-state index is -2.63. The molecule has 2 heterocycles. The van der Waals surface area contributed by atoms with Crippen LogP contribution in [0.1, 0.15) is 39.5 Å². The molecule has 0 spiro atoms. The van der Waals surface area contributed by atoms with Gasteiger partial charge >= 0.3 is 7.12 Å². The van der Waals surface area contributed by atoms with E-state index in [9.17, 15) is 8.78 Å². The van der Waals surface area contributed by atoms with E-state index in [4.69, 9.17) is 9.31 Å². The van der Waals surface area contributed by atoms with Crippen molar-refractivity contribution in [3.05, 3.63) is 0 Å². The van der Waals surface area contributed by atoms with Crippen LogP contribution in [0.3, 0.4) is 0 Å². The van der Waals surface area contributed by atoms with Gasteiger partial charge < -0.3 is 14.6 Å². The fourth-order valence-electron chi connectivity index (χ4n) is 5.05. The van der Waals surface area contributed by atoms with Crippen LogP contribution in [0, 0.1) is 17.3 Å². The average Bonchev–Trinajstić information content (AvgIpc) is 2.84. The van der Waals surface area contributed by atoms with Crippen molar-refractivity contribution >= 4 is 7.12 Å². The Morgan fingerprint density at radius 2 is 2.00 bits per heavy atom. The molecule has 6 atom stereocenters. The van der Waals surface area contributed by atoms with E-state index in [1.54, 1.807) is 0 Å². The lowest BCUT2D eigenvalue weighted by molar-refractivity contribution is -0.0875. The van der Waals surface area contributed by atoms with Crippen LogP contribution in [0.25, 0.3) is 0 Å². The molecule has 2 aliphatic heterocycles. The standard InChI is InChI=1S/C14H22BF2NO2/c1-8-11-4-9-3-10(5-13(9,11)2)20-15(19-8)12-6-14(16,17)7-18-12/h8-12,18H,3-7H2,1-2H3. The first kappa shape index (κ1) is 13.5. The number of rotatable bonds is 1. The SMILES string of the molecule is CC1OB(C2CC(F)(F)CN2)OC2CC3CC1C3(C)C2. The van der Waals surface area contributed by atoms with Gasteiger partial charge in [0.05, 0.1) is 6.54 Å². The molecule has 4 aliphatic rings. The maximum Gasteiger partial charge on any atom is 0.475 e. The Morgan fingerprint density at radius 3 is 2.70 bits per heavy atom. The molecule has 1 N–H and O–H groups in total. The summed E-state index contributed by atoms with van der Waals surface area (Å²) in [5.74, 6) is -1.71. The molecule has 0 radical (unpaired) electrons. The monoisotopic (exact) mass is 285 g/mol. The molecular weight excluding hydrogens is 263 g/mol. The molecule has 3 nitrogen and oxygen atoms in total. The third-order valence-corrected chi connectivity index (χ3v) is 6.24. The minimum Gasteiger partial charge on any atom is -0.407 e. The fourth-order valence-corrected chi connectivity index (χ4v) is 5.05. The molecule has 20 heavy (non-hydrogen) atoms. The van der Waals surface area contributed by atoms with Crippen molar-refractivity contribution in [2.75, 3.05) is 6.54 Å². The van der Waals surface area contributed by atoms with Gasteiger partial charge in [0.2, 0.25) is 0 Å². The lowest BCUT2D eigenvalue weighted by Gasteiger charge is -2.53. The number of halogens is 2. The van der Waals surface area contributed by atoms with Gasteiger partial charge in [0, 0.05) is 24.6 Å². The average molecular weight is 285 g/mol. The van der Waals surface area contributed by atoms with Gasteiger partial charge in [-0.25, -0.2) is 8.78 Å². The summed E-state index contributed by atoms with van der Waals surface area (Å²) in [6.45, 7) is 4.16. The quantitative estimate of drug-likeness (QED) is 0.750. The van der Waals surface area contributed by atoms with Gasteiger partial charge in [-0.2, -0.15) is 0 Å². The molecule has 4 fully saturated rings. The molecule has 6 heteroatoms. The third-order valence-electron chi connectivity index (χ3n) is 6.24. The lowest BCUT2D eigenvalue weighted by atomic mass is 9.53. The summed E-state index contributed by atoms with van der Waals surface area (Å²) in [5, 5.41) is 2.88. The number of fused-ring (bicyclic) bond motifs is 1. The van der Waals surface area contributed by atoms with Crippen LogP contribution in [0.15, 0.2) is 0 Å². The smallest absolute Gasteiger partial charge is 0.407 e. The van der Waals surface area contributed by atoms with Gasteiger partial charge in [-0.15, -0.1) is 0 Å². The maximum absolute atomic E-state index is 13.4. The van der Waals surface area contributed by atoms with E-state index in [0.717, 1.165) is 18.8 Å². The van der Waals surface area contributed by atoms with E-state index in [2.05, 4.69) is 19.2 Å². The summed E-state index contributed by atoms with van der Waals surface area (Å²) in [5.41, 5.74) is 0.349. The van der Waals surface area contributed by atoms with Crippen LogP contribution in [0.5, 0.6) is 0 Å². The number of alkyl halides is 2. The molecule has 6 unspecified atom stereocenters. The molecule has 2 saturated carbocycles. The first-order valence-electron chi connectivity index (χ1n) is 7.79. The van der Waals surface area contributed by atoms with Crippen molar-refractivity contribution in [3.8, 4) is 0 Å². The van der Waals surface area contributed by atoms with Crippen molar-refractivity contribution in [1.29, 1.82) is 0 Å². The van der Waals surface area contributed by atoms with Crippen LogP contribution in [0.2, 0.25) is 0 Å². The molecule has 2 bridgehead atoms. The lowest BCUT2D eigenvalue weighted by Crippen LogP contribution is -2.54. The van der Waals surface area contributed by atoms with E-state index < -0.39 is 13.0 Å². The summed E-state index contributed by atoms with van der Waals surface area (Å²) in [7, 11) is -0.521. The van der Waals surface area contributed by atoms with Gasteiger partial charge in [-0.05, 0) is 43.4 Å². The van der Waals surface area contributed by atoms with Crippen LogP contribution < -0.4 is 5.32 Å². The first-order valence-corrected chi connectivity index (χ1v) is 7.79. The topological polar surface area (TPSA) is 30.5 Å². The molecule has 112 valence electrons. The molecule has 0 aromatic rings. The molecule has 2 saturated heterocycles. The van der Waals surface area contributed by atoms with Gasteiger partial charge in [-0.1, -0.05) is 6.92 Å². The summed E-state index contributed by atoms with van der Waals surface area (Å²) < 4.78 is 38.9. The van der Waals surface area contributed by atoms with Gasteiger partial charge in [-0.3, -0.25) is 0 Å². The van der Waals surface area contributed by atoms with Gasteiger partial charge in [0.1, 0.15) is 0 Å². The van der Waals surface area contributed by atoms with Gasteiger partial charge in [0.15, 0.2) is 0 Å². The normalized spacial score (nSPS) is 53.4. The van der Waals surface area contributed by atoms with Crippen LogP contribution >= 0.6 is 0 Å². The summed E-state index contributed by atoms with van der Waals surface area (Å²) in [6, 6.07) is 0. The molecular formula is C14H22BF2NO2. The largest absolute Gasteiger partial charge is 0.475 e. The van der Waals surface area contributed by atoms with Crippen LogP contribution in [-0.4, -0.2) is 37.7 Å². The molecule has 0 amide bonds. The summed E-state index contributed by atoms with van der Waals surface area (Å²) in [6.07, 6.45) is 3.44. The Balaban J connectivity index is 1.52. The van der Waals surface area contributed by atoms with E-state index in [0.29, 0.717) is 11.3 Å². The molecule has 0 aromatic carbocycles. The zero-order valence-electron chi connectivity index (χ0n) is 12.1. The van der Waals surface area contributed by atoms with E-state index in [-0.39, 0.29) is 31.1 Å². The Kier molecular flexibility index (Phi) is 2.81. The van der Waals surface area contributed by atoms with Gasteiger partial charge in [0.25, 0.3) is 5.92 Å². The fraction of sp³-hybridized carbons (Fsp3) is 1.00. The summed E-state index contributed by atoms with van der Waals surface area (Å²) >= 11 is 0. The molecule has 4 rings (SSSR count). The predicted octanol–water partition coefficient (Wildman–Crippen LogP) is 2.25. The highest BCUT2D eigenvalue weighted by molar-refractivity contribution is 6.46. The van der Waals surface area contributed by atoms with Crippen molar-refractivity contribution in [1.82, 2.24) is 5.32 Å². The Morgan fingerprint density at radius 1 is 1.20 bits per heavy atom. The second-order valence-corrected chi connectivity index (χ2v) is 7.50. The first-order chi connectivity index (χ1) is 9.37. The Bertz CT molecular complexity index is 422. The number of hydrogen-bond acceptors (Lipinski definition) is 3. The van der Waals surface area contributed by atoms with E-state index in [1.165, 1.54) is 6.42 Å². The highest BCUT2D eigenvalue weighted by Crippen LogP contribution is 2.63. The molecule has 0 aromatic heterocycles. The zero-order chi connectivity index (χ0) is 14.1. The number of hydrogen-bond donors (Lipinski definition) is 1. The van der Waals surface area contributed by atoms with Crippen LogP contribution in [0.4, 0.5) is 8.78 Å². The van der Waals surface area contributed by atoms with Crippen molar-refractivity contribution in [3.63, 3.8) is 0 Å². The number of nitrogens with one attached hydrogen (secondary N) is 1. The third kappa shape index (κ3) is 1.87. The van der Waals surface area contributed by atoms with Crippen molar-refractivity contribution in [2.45, 2.75) is 63.6 Å². The maximum atomic E-state index is 13.4. The Labute approximate surface area is 118 Å². The van der Waals surface area contributed by atoms with Crippen molar-refractivity contribution in [2.24, 2.45) is 17.3 Å². The minimum absolute atomic E-state index is 0.0938. The van der Waals surface area contributed by atoms with E-state index in [1.807, 2.05) is 0 Å². The molecule has 2 aliphatic carbocycles. The predicted molar refractivity (Wildman–Crippen MR) is 71.5 cm³/mol. The highest BCUT2D eigenvalue weighted by Gasteiger charge is 2.61. The summed E-state index contributed by atoms with van der Waals surface area (Å²) in [4.78, 5) is 0. The van der Waals surface area contributed by atoms with E-state index >= 15 is 0 Å². The second-order valence-electron chi connectivity index (χ2n) is 7.50. The second kappa shape index (κ2) is 4.17. The van der Waals surface area contributed by atoms with Crippen molar-refractivity contribution < 1.29 is 18.1 Å². The zero-order valence-corrected chi connectivity index (χ0v) is 12.1. The van der Waals surface area contributed by atoms with Crippen LogP contribution in [-0.2, 0) is 9.31 Å².